The summed E-state index contributed by atoms with van der Waals surface area (Å²) in [6.45, 7) is 0. The highest BCUT2D eigenvalue weighted by atomic mass is 19.1. The maximum Gasteiger partial charge on any atom is 0.303 e. The molecule has 0 spiro atoms. The molecule has 5 rings (SSSR count). The maximum absolute atomic E-state index is 13.8. The van der Waals surface area contributed by atoms with Gasteiger partial charge in [-0.15, -0.1) is 0 Å². The second-order valence-corrected chi connectivity index (χ2v) is 8.65. The summed E-state index contributed by atoms with van der Waals surface area (Å²) in [7, 11) is 1.92. The van der Waals surface area contributed by atoms with Gasteiger partial charge in [0.2, 0.25) is 5.91 Å². The van der Waals surface area contributed by atoms with Gasteiger partial charge in [0.15, 0.2) is 0 Å². The van der Waals surface area contributed by atoms with Crippen molar-refractivity contribution in [2.45, 2.75) is 18.8 Å². The van der Waals surface area contributed by atoms with E-state index in [-0.39, 0.29) is 12.3 Å². The van der Waals surface area contributed by atoms with Crippen molar-refractivity contribution in [3.05, 3.63) is 102 Å². The summed E-state index contributed by atoms with van der Waals surface area (Å²) in [5.41, 5.74) is 4.79. The van der Waals surface area contributed by atoms with Crippen LogP contribution >= 0.6 is 0 Å². The standard InChI is InChI=1S/C28H23FN4O3/c1-33-15-14-30-27(33)19-7-10-21(11-8-19)31-26(18-5-2-17(3-6-18)4-13-24(34)35)25-22-12-9-20(29)16-23(22)32-28(25)36/h2-3,5-12,14-16,25H,4,13H2,1H3,(H,32,36)(H,34,35). The number of benzene rings is 3. The molecule has 1 aliphatic rings. The molecule has 2 N–H and O–H groups in total. The molecule has 1 aromatic heterocycles. The molecule has 0 fully saturated rings. The van der Waals surface area contributed by atoms with Crippen LogP contribution in [0.2, 0.25) is 0 Å². The lowest BCUT2D eigenvalue weighted by atomic mass is 9.90. The first-order valence-electron chi connectivity index (χ1n) is 11.5. The minimum atomic E-state index is -0.859. The van der Waals surface area contributed by atoms with Gasteiger partial charge in [-0.05, 0) is 59.5 Å². The normalized spacial score (nSPS) is 15.0. The fourth-order valence-corrected chi connectivity index (χ4v) is 4.36. The van der Waals surface area contributed by atoms with Crippen molar-refractivity contribution in [2.24, 2.45) is 12.0 Å². The third kappa shape index (κ3) is 4.65. The molecule has 0 aliphatic carbocycles. The molecule has 36 heavy (non-hydrogen) atoms. The monoisotopic (exact) mass is 482 g/mol. The van der Waals surface area contributed by atoms with E-state index < -0.39 is 17.7 Å². The van der Waals surface area contributed by atoms with Gasteiger partial charge in [-0.2, -0.15) is 0 Å². The summed E-state index contributed by atoms with van der Waals surface area (Å²) in [6.07, 6.45) is 4.05. The Morgan fingerprint density at radius 1 is 1.11 bits per heavy atom. The number of hydrogen-bond acceptors (Lipinski definition) is 4. The van der Waals surface area contributed by atoms with Gasteiger partial charge >= 0.3 is 5.97 Å². The van der Waals surface area contributed by atoms with Crippen molar-refractivity contribution in [3.63, 3.8) is 0 Å². The van der Waals surface area contributed by atoms with E-state index >= 15 is 0 Å². The Morgan fingerprint density at radius 2 is 1.86 bits per heavy atom. The van der Waals surface area contributed by atoms with Crippen molar-refractivity contribution in [2.75, 3.05) is 5.32 Å². The van der Waals surface area contributed by atoms with E-state index in [1.807, 2.05) is 66.3 Å². The molecule has 180 valence electrons. The molecule has 0 bridgehead atoms. The number of hydrogen-bond donors (Lipinski definition) is 2. The van der Waals surface area contributed by atoms with Crippen LogP contribution in [0.25, 0.3) is 11.4 Å². The van der Waals surface area contributed by atoms with Crippen LogP contribution in [0.1, 0.15) is 29.0 Å². The minimum Gasteiger partial charge on any atom is -0.481 e. The fraction of sp³-hybridized carbons (Fsp3) is 0.143. The summed E-state index contributed by atoms with van der Waals surface area (Å²) >= 11 is 0. The molecule has 8 heteroatoms. The van der Waals surface area contributed by atoms with Crippen molar-refractivity contribution in [3.8, 4) is 11.4 Å². The second-order valence-electron chi connectivity index (χ2n) is 8.65. The van der Waals surface area contributed by atoms with Crippen LogP contribution in [0, 0.1) is 5.82 Å². The van der Waals surface area contributed by atoms with Gasteiger partial charge in [0.05, 0.1) is 11.4 Å². The molecule has 2 heterocycles. The Morgan fingerprint density at radius 3 is 2.53 bits per heavy atom. The Bertz CT molecular complexity index is 1470. The summed E-state index contributed by atoms with van der Waals surface area (Å²) in [6, 6.07) is 19.2. The van der Waals surface area contributed by atoms with Crippen LogP contribution < -0.4 is 5.32 Å². The van der Waals surface area contributed by atoms with E-state index in [2.05, 4.69) is 10.3 Å². The third-order valence-electron chi connectivity index (χ3n) is 6.19. The van der Waals surface area contributed by atoms with Gasteiger partial charge in [-0.25, -0.2) is 9.37 Å². The third-order valence-corrected chi connectivity index (χ3v) is 6.19. The average molecular weight is 483 g/mol. The van der Waals surface area contributed by atoms with E-state index in [0.29, 0.717) is 29.1 Å². The number of carboxylic acids is 1. The average Bonchev–Trinajstić information content (AvgIpc) is 3.43. The lowest BCUT2D eigenvalue weighted by Gasteiger charge is -2.15. The quantitative estimate of drug-likeness (QED) is 0.358. The fourth-order valence-electron chi connectivity index (χ4n) is 4.36. The number of carbonyl (C=O) groups excluding carboxylic acids is 1. The number of aryl methyl sites for hydroxylation is 2. The highest BCUT2D eigenvalue weighted by Crippen LogP contribution is 2.37. The molecule has 1 amide bonds. The number of imidazole rings is 1. The summed E-state index contributed by atoms with van der Waals surface area (Å²) in [5.74, 6) is -1.47. The number of anilines is 1. The largest absolute Gasteiger partial charge is 0.481 e. The van der Waals surface area contributed by atoms with E-state index in [0.717, 1.165) is 22.5 Å². The maximum atomic E-state index is 13.8. The number of amides is 1. The topological polar surface area (TPSA) is 96.6 Å². The van der Waals surface area contributed by atoms with Crippen molar-refractivity contribution in [1.29, 1.82) is 0 Å². The first-order valence-corrected chi connectivity index (χ1v) is 11.5. The lowest BCUT2D eigenvalue weighted by Crippen LogP contribution is -2.22. The van der Waals surface area contributed by atoms with E-state index in [1.165, 1.54) is 12.1 Å². The van der Waals surface area contributed by atoms with Gasteiger partial charge in [0.1, 0.15) is 17.6 Å². The van der Waals surface area contributed by atoms with Crippen LogP contribution in [0.4, 0.5) is 15.8 Å². The predicted molar refractivity (Wildman–Crippen MR) is 135 cm³/mol. The van der Waals surface area contributed by atoms with Crippen LogP contribution in [0.15, 0.2) is 84.1 Å². The zero-order chi connectivity index (χ0) is 25.2. The first kappa shape index (κ1) is 23.2. The molecule has 3 aromatic carbocycles. The lowest BCUT2D eigenvalue weighted by molar-refractivity contribution is -0.137. The van der Waals surface area contributed by atoms with Gasteiger partial charge in [-0.3, -0.25) is 14.6 Å². The van der Waals surface area contributed by atoms with Crippen LogP contribution in [-0.4, -0.2) is 32.2 Å². The van der Waals surface area contributed by atoms with Gasteiger partial charge in [0.25, 0.3) is 0 Å². The SMILES string of the molecule is Cn1ccnc1-c1ccc(N=C(c2ccc(CCC(=O)O)cc2)C2C(=O)Nc3cc(F)ccc32)cc1. The Hall–Kier alpha value is -4.59. The molecule has 0 saturated carbocycles. The molecular weight excluding hydrogens is 459 g/mol. The number of nitrogens with one attached hydrogen (secondary N) is 1. The number of aromatic nitrogens is 2. The number of fused-ring (bicyclic) bond motifs is 1. The number of carbonyl (C=O) groups is 2. The van der Waals surface area contributed by atoms with E-state index in [9.17, 15) is 14.0 Å². The first-order chi connectivity index (χ1) is 17.4. The Kier molecular flexibility index (Phi) is 6.16. The summed E-state index contributed by atoms with van der Waals surface area (Å²) in [4.78, 5) is 33.2. The van der Waals surface area contributed by atoms with Crippen LogP contribution in [0.5, 0.6) is 0 Å². The molecule has 1 atom stereocenters. The zero-order valence-corrected chi connectivity index (χ0v) is 19.5. The highest BCUT2D eigenvalue weighted by Gasteiger charge is 2.35. The number of nitrogens with zero attached hydrogens (tertiary/aromatic N) is 3. The van der Waals surface area contributed by atoms with Crippen LogP contribution in [0.3, 0.4) is 0 Å². The van der Waals surface area contributed by atoms with Crippen molar-refractivity contribution >= 4 is 29.0 Å². The molecule has 1 aliphatic heterocycles. The van der Waals surface area contributed by atoms with Gasteiger partial charge in [0, 0.05) is 37.1 Å². The second kappa shape index (κ2) is 9.58. The summed E-state index contributed by atoms with van der Waals surface area (Å²) in [5, 5.41) is 11.7. The molecular formula is C28H23FN4O3. The Labute approximate surface area is 207 Å². The number of aliphatic imine (C=N–C) groups is 1. The number of carboxylic acid groups (broad SMARTS) is 1. The number of rotatable bonds is 7. The van der Waals surface area contributed by atoms with Gasteiger partial charge < -0.3 is 15.0 Å². The Balaban J connectivity index is 1.55. The molecule has 7 nitrogen and oxygen atoms in total. The minimum absolute atomic E-state index is 0.0343. The number of aliphatic carboxylic acids is 1. The molecule has 4 aromatic rings. The van der Waals surface area contributed by atoms with Crippen molar-refractivity contribution < 1.29 is 19.1 Å². The smallest absolute Gasteiger partial charge is 0.303 e. The number of halogens is 1. The van der Waals surface area contributed by atoms with E-state index in [4.69, 9.17) is 10.1 Å². The molecule has 0 radical (unpaired) electrons. The molecule has 0 saturated heterocycles. The zero-order valence-electron chi connectivity index (χ0n) is 19.5. The molecule has 1 unspecified atom stereocenters. The van der Waals surface area contributed by atoms with Crippen molar-refractivity contribution in [1.82, 2.24) is 9.55 Å². The van der Waals surface area contributed by atoms with E-state index in [1.54, 1.807) is 12.3 Å². The van der Waals surface area contributed by atoms with Gasteiger partial charge in [-0.1, -0.05) is 30.3 Å². The predicted octanol–water partition coefficient (Wildman–Crippen LogP) is 5.10. The summed E-state index contributed by atoms with van der Waals surface area (Å²) < 4.78 is 15.7. The van der Waals surface area contributed by atoms with Crippen LogP contribution in [-0.2, 0) is 23.1 Å². The highest BCUT2D eigenvalue weighted by molar-refractivity contribution is 6.24.